The topological polar surface area (TPSA) is 55.6 Å². The highest BCUT2D eigenvalue weighted by atomic mass is 16.6. The summed E-state index contributed by atoms with van der Waals surface area (Å²) < 4.78 is 6.64. The molecule has 0 aliphatic carbocycles. The Morgan fingerprint density at radius 3 is 2.52 bits per heavy atom. The standard InChI is InChI=1S/C22H24N2O3/c1-13-7-8-18-17(11-13)21(4,5)22(23(18)6)10-9-16-15(3)20(24(25)26)14(2)12-19(16)27-22/h7-12H,1-6H3. The molecular formula is C22H24N2O3. The lowest BCUT2D eigenvalue weighted by Crippen LogP contribution is -2.58. The third-order valence-corrected chi connectivity index (χ3v) is 6.25. The summed E-state index contributed by atoms with van der Waals surface area (Å²) in [5.41, 5.74) is 4.86. The van der Waals surface area contributed by atoms with Crippen molar-refractivity contribution >= 4 is 17.5 Å². The number of hydrogen-bond donors (Lipinski definition) is 0. The van der Waals surface area contributed by atoms with E-state index in [9.17, 15) is 10.1 Å². The zero-order valence-electron chi connectivity index (χ0n) is 16.6. The van der Waals surface area contributed by atoms with E-state index in [-0.39, 0.29) is 16.0 Å². The van der Waals surface area contributed by atoms with Gasteiger partial charge in [0, 0.05) is 29.4 Å². The predicted octanol–water partition coefficient (Wildman–Crippen LogP) is 5.05. The zero-order valence-corrected chi connectivity index (χ0v) is 16.6. The molecule has 2 heterocycles. The number of benzene rings is 2. The van der Waals surface area contributed by atoms with Gasteiger partial charge < -0.3 is 9.64 Å². The normalized spacial score (nSPS) is 21.8. The quantitative estimate of drug-likeness (QED) is 0.525. The van der Waals surface area contributed by atoms with Gasteiger partial charge in [0.25, 0.3) is 5.69 Å². The maximum atomic E-state index is 11.4. The largest absolute Gasteiger partial charge is 0.463 e. The molecule has 5 nitrogen and oxygen atoms in total. The summed E-state index contributed by atoms with van der Waals surface area (Å²) in [5.74, 6) is 0.697. The molecule has 0 amide bonds. The van der Waals surface area contributed by atoms with Crippen molar-refractivity contribution in [1.82, 2.24) is 0 Å². The van der Waals surface area contributed by atoms with Gasteiger partial charge in [-0.1, -0.05) is 17.7 Å². The minimum Gasteiger partial charge on any atom is -0.463 e. The third-order valence-electron chi connectivity index (χ3n) is 6.25. The first-order valence-electron chi connectivity index (χ1n) is 9.12. The number of nitrogens with zero attached hydrogens (tertiary/aromatic N) is 2. The Balaban J connectivity index is 1.90. The summed E-state index contributed by atoms with van der Waals surface area (Å²) >= 11 is 0. The highest BCUT2D eigenvalue weighted by Gasteiger charge is 2.57. The molecule has 140 valence electrons. The van der Waals surface area contributed by atoms with Crippen LogP contribution >= 0.6 is 0 Å². The van der Waals surface area contributed by atoms with Crippen molar-refractivity contribution in [1.29, 1.82) is 0 Å². The maximum absolute atomic E-state index is 11.4. The number of hydrogen-bond acceptors (Lipinski definition) is 4. The number of likely N-dealkylation sites (N-methyl/N-ethyl adjacent to an activating group) is 1. The van der Waals surface area contributed by atoms with Gasteiger partial charge in [-0.2, -0.15) is 0 Å². The van der Waals surface area contributed by atoms with Crippen molar-refractivity contribution < 1.29 is 9.66 Å². The molecule has 1 atom stereocenters. The van der Waals surface area contributed by atoms with Gasteiger partial charge in [-0.25, -0.2) is 0 Å². The SMILES string of the molecule is Cc1ccc2c(c1)C(C)(C)C1(C=Cc3c(cc(C)c([N+](=O)[O-])c3C)O1)N2C. The van der Waals surface area contributed by atoms with Crippen LogP contribution in [0.5, 0.6) is 5.75 Å². The van der Waals surface area contributed by atoms with E-state index in [4.69, 9.17) is 4.74 Å². The smallest absolute Gasteiger partial charge is 0.276 e. The van der Waals surface area contributed by atoms with Crippen molar-refractivity contribution in [2.24, 2.45) is 0 Å². The Hall–Kier alpha value is -2.82. The molecule has 2 aromatic rings. The number of fused-ring (bicyclic) bond motifs is 2. The Morgan fingerprint density at radius 1 is 1.15 bits per heavy atom. The summed E-state index contributed by atoms with van der Waals surface area (Å²) in [7, 11) is 2.04. The average molecular weight is 364 g/mol. The fourth-order valence-electron chi connectivity index (χ4n) is 4.67. The number of anilines is 1. The van der Waals surface area contributed by atoms with Crippen LogP contribution in [0.2, 0.25) is 0 Å². The second-order valence-electron chi connectivity index (χ2n) is 8.17. The lowest BCUT2D eigenvalue weighted by Gasteiger charge is -2.46. The predicted molar refractivity (Wildman–Crippen MR) is 108 cm³/mol. The van der Waals surface area contributed by atoms with Crippen molar-refractivity contribution in [2.45, 2.75) is 45.8 Å². The maximum Gasteiger partial charge on any atom is 0.276 e. The van der Waals surface area contributed by atoms with E-state index in [0.29, 0.717) is 16.9 Å². The first kappa shape index (κ1) is 17.6. The van der Waals surface area contributed by atoms with E-state index in [0.717, 1.165) is 11.3 Å². The summed E-state index contributed by atoms with van der Waals surface area (Å²) in [4.78, 5) is 13.3. The molecular weight excluding hydrogens is 340 g/mol. The molecule has 2 aromatic carbocycles. The van der Waals surface area contributed by atoms with Crippen LogP contribution in [0.3, 0.4) is 0 Å². The fraction of sp³-hybridized carbons (Fsp3) is 0.364. The van der Waals surface area contributed by atoms with E-state index in [1.165, 1.54) is 11.1 Å². The highest BCUT2D eigenvalue weighted by molar-refractivity contribution is 5.75. The molecule has 0 N–H and O–H groups in total. The lowest BCUT2D eigenvalue weighted by molar-refractivity contribution is -0.386. The van der Waals surface area contributed by atoms with Gasteiger partial charge in [0.05, 0.1) is 10.3 Å². The Labute approximate surface area is 159 Å². The molecule has 1 unspecified atom stereocenters. The number of aryl methyl sites for hydroxylation is 2. The van der Waals surface area contributed by atoms with Crippen LogP contribution in [0.4, 0.5) is 11.4 Å². The number of ether oxygens (including phenoxy) is 1. The second kappa shape index (κ2) is 5.35. The Kier molecular flexibility index (Phi) is 3.48. The number of nitro groups is 1. The molecule has 2 aliphatic heterocycles. The van der Waals surface area contributed by atoms with Crippen LogP contribution in [0.15, 0.2) is 30.3 Å². The molecule has 0 radical (unpaired) electrons. The Morgan fingerprint density at radius 2 is 1.85 bits per heavy atom. The number of rotatable bonds is 1. The first-order valence-corrected chi connectivity index (χ1v) is 9.12. The molecule has 2 aliphatic rings. The fourth-order valence-corrected chi connectivity index (χ4v) is 4.67. The van der Waals surface area contributed by atoms with E-state index < -0.39 is 5.72 Å². The molecule has 1 spiro atoms. The molecule has 0 saturated heterocycles. The first-order chi connectivity index (χ1) is 12.6. The van der Waals surface area contributed by atoms with Gasteiger partial charge in [-0.15, -0.1) is 0 Å². The summed E-state index contributed by atoms with van der Waals surface area (Å²) in [6, 6.07) is 8.27. The summed E-state index contributed by atoms with van der Waals surface area (Å²) in [6.07, 6.45) is 4.04. The molecule has 4 rings (SSSR count). The van der Waals surface area contributed by atoms with Crippen LogP contribution in [0, 0.1) is 30.9 Å². The third kappa shape index (κ3) is 2.11. The molecule has 0 aromatic heterocycles. The van der Waals surface area contributed by atoms with Crippen LogP contribution in [-0.4, -0.2) is 17.7 Å². The van der Waals surface area contributed by atoms with Gasteiger partial charge in [0.15, 0.2) is 0 Å². The van der Waals surface area contributed by atoms with Crippen LogP contribution in [-0.2, 0) is 5.41 Å². The van der Waals surface area contributed by atoms with E-state index in [2.05, 4.69) is 49.9 Å². The van der Waals surface area contributed by atoms with Gasteiger partial charge in [0.2, 0.25) is 5.72 Å². The summed E-state index contributed by atoms with van der Waals surface area (Å²) in [5, 5.41) is 11.4. The zero-order chi connectivity index (χ0) is 19.7. The van der Waals surface area contributed by atoms with Crippen molar-refractivity contribution in [3.63, 3.8) is 0 Å². The van der Waals surface area contributed by atoms with Crippen LogP contribution in [0.1, 0.15) is 41.7 Å². The number of nitro benzene ring substituents is 1. The minimum atomic E-state index is -0.675. The van der Waals surface area contributed by atoms with Crippen LogP contribution < -0.4 is 9.64 Å². The van der Waals surface area contributed by atoms with E-state index in [1.54, 1.807) is 19.9 Å². The van der Waals surface area contributed by atoms with Gasteiger partial charge in [-0.05, 0) is 64.5 Å². The van der Waals surface area contributed by atoms with Crippen molar-refractivity contribution in [2.75, 3.05) is 11.9 Å². The average Bonchev–Trinajstić information content (AvgIpc) is 2.73. The summed E-state index contributed by atoms with van der Waals surface area (Å²) in [6.45, 7) is 10.0. The van der Waals surface area contributed by atoms with Crippen molar-refractivity contribution in [3.05, 3.63) is 68.3 Å². The van der Waals surface area contributed by atoms with Crippen LogP contribution in [0.25, 0.3) is 6.08 Å². The monoisotopic (exact) mass is 364 g/mol. The minimum absolute atomic E-state index is 0.163. The molecule has 0 bridgehead atoms. The van der Waals surface area contributed by atoms with Gasteiger partial charge in [-0.3, -0.25) is 10.1 Å². The molecule has 5 heteroatoms. The molecule has 0 fully saturated rings. The Bertz CT molecular complexity index is 1020. The van der Waals surface area contributed by atoms with E-state index >= 15 is 0 Å². The molecule has 27 heavy (non-hydrogen) atoms. The van der Waals surface area contributed by atoms with Gasteiger partial charge in [0.1, 0.15) is 5.75 Å². The molecule has 0 saturated carbocycles. The van der Waals surface area contributed by atoms with Crippen molar-refractivity contribution in [3.8, 4) is 5.75 Å². The highest BCUT2D eigenvalue weighted by Crippen LogP contribution is 2.55. The second-order valence-corrected chi connectivity index (χ2v) is 8.17. The van der Waals surface area contributed by atoms with E-state index in [1.807, 2.05) is 13.1 Å². The lowest BCUT2D eigenvalue weighted by atomic mass is 9.76. The van der Waals surface area contributed by atoms with Gasteiger partial charge >= 0.3 is 0 Å².